The highest BCUT2D eigenvalue weighted by atomic mass is 16.5. The summed E-state index contributed by atoms with van der Waals surface area (Å²) < 4.78 is 5.91. The fourth-order valence-corrected chi connectivity index (χ4v) is 5.13. The van der Waals surface area contributed by atoms with Gasteiger partial charge in [0, 0.05) is 11.8 Å². The fourth-order valence-electron chi connectivity index (χ4n) is 5.13. The van der Waals surface area contributed by atoms with Crippen molar-refractivity contribution in [2.45, 2.75) is 104 Å². The van der Waals surface area contributed by atoms with Crippen molar-refractivity contribution in [2.24, 2.45) is 11.8 Å². The van der Waals surface area contributed by atoms with Crippen molar-refractivity contribution in [3.63, 3.8) is 0 Å². The van der Waals surface area contributed by atoms with Crippen LogP contribution in [0.2, 0.25) is 0 Å². The molecule has 2 aromatic rings. The zero-order chi connectivity index (χ0) is 22.4. The molecule has 2 heteroatoms. The average molecular weight is 436 g/mol. The lowest BCUT2D eigenvalue weighted by molar-refractivity contribution is 0.252. The Morgan fingerprint density at radius 3 is 2.09 bits per heavy atom. The van der Waals surface area contributed by atoms with Crippen molar-refractivity contribution >= 4 is 0 Å². The topological polar surface area (TPSA) is 22.1 Å². The molecule has 1 heterocycles. The fraction of sp³-hybridized carbons (Fsp3) is 0.633. The van der Waals surface area contributed by atoms with Gasteiger partial charge < -0.3 is 4.74 Å². The smallest absolute Gasteiger partial charge is 0.119 e. The van der Waals surface area contributed by atoms with Gasteiger partial charge in [0.2, 0.25) is 0 Å². The Labute approximate surface area is 197 Å². The predicted octanol–water partition coefficient (Wildman–Crippen LogP) is 9.03. The first-order chi connectivity index (χ1) is 15.8. The summed E-state index contributed by atoms with van der Waals surface area (Å²) in [7, 11) is 0. The lowest BCUT2D eigenvalue weighted by Crippen LogP contribution is -2.15. The molecular weight excluding hydrogens is 390 g/mol. The Balaban J connectivity index is 1.37. The Kier molecular flexibility index (Phi) is 11.1. The SMILES string of the molecule is CCCCCCCCOc1ccc(-c2ccc(CC[C@H]3CC[C@H](CCC)CC3)cn2)cc1. The van der Waals surface area contributed by atoms with Crippen molar-refractivity contribution < 1.29 is 4.74 Å². The highest BCUT2D eigenvalue weighted by Crippen LogP contribution is 2.34. The summed E-state index contributed by atoms with van der Waals surface area (Å²) in [6.07, 6.45) is 20.9. The number of aromatic nitrogens is 1. The lowest BCUT2D eigenvalue weighted by atomic mass is 9.78. The van der Waals surface area contributed by atoms with E-state index in [4.69, 9.17) is 9.72 Å². The van der Waals surface area contributed by atoms with Gasteiger partial charge in [-0.05, 0) is 67.0 Å². The van der Waals surface area contributed by atoms with Crippen LogP contribution in [0, 0.1) is 11.8 Å². The quantitative estimate of drug-likeness (QED) is 0.276. The third kappa shape index (κ3) is 8.60. The average Bonchev–Trinajstić information content (AvgIpc) is 2.84. The molecule has 0 bridgehead atoms. The second-order valence-electron chi connectivity index (χ2n) is 9.91. The van der Waals surface area contributed by atoms with Gasteiger partial charge in [0.1, 0.15) is 5.75 Å². The molecule has 32 heavy (non-hydrogen) atoms. The molecule has 0 unspecified atom stereocenters. The van der Waals surface area contributed by atoms with E-state index >= 15 is 0 Å². The number of rotatable bonds is 14. The van der Waals surface area contributed by atoms with Crippen molar-refractivity contribution in [3.05, 3.63) is 48.2 Å². The normalized spacial score (nSPS) is 18.6. The summed E-state index contributed by atoms with van der Waals surface area (Å²) in [6.45, 7) is 5.40. The Hall–Kier alpha value is -1.83. The van der Waals surface area contributed by atoms with Gasteiger partial charge in [0.25, 0.3) is 0 Å². The van der Waals surface area contributed by atoms with Crippen LogP contribution in [-0.4, -0.2) is 11.6 Å². The van der Waals surface area contributed by atoms with Crippen LogP contribution in [0.5, 0.6) is 5.75 Å². The van der Waals surface area contributed by atoms with Crippen molar-refractivity contribution in [1.29, 1.82) is 0 Å². The maximum Gasteiger partial charge on any atom is 0.119 e. The first-order valence-electron chi connectivity index (χ1n) is 13.5. The molecule has 2 nitrogen and oxygen atoms in total. The van der Waals surface area contributed by atoms with E-state index < -0.39 is 0 Å². The van der Waals surface area contributed by atoms with Crippen LogP contribution in [0.15, 0.2) is 42.6 Å². The number of benzene rings is 1. The second kappa shape index (κ2) is 14.3. The van der Waals surface area contributed by atoms with Crippen LogP contribution in [0.3, 0.4) is 0 Å². The Morgan fingerprint density at radius 2 is 1.44 bits per heavy atom. The number of pyridine rings is 1. The molecule has 1 aliphatic carbocycles. The van der Waals surface area contributed by atoms with Gasteiger partial charge in [-0.2, -0.15) is 0 Å². The van der Waals surface area contributed by atoms with E-state index in [2.05, 4.69) is 56.4 Å². The van der Waals surface area contributed by atoms with Gasteiger partial charge in [-0.15, -0.1) is 0 Å². The highest BCUT2D eigenvalue weighted by Gasteiger charge is 2.20. The summed E-state index contributed by atoms with van der Waals surface area (Å²) in [4.78, 5) is 4.75. The molecule has 1 aromatic carbocycles. The first kappa shape index (κ1) is 24.8. The molecule has 1 aromatic heterocycles. The van der Waals surface area contributed by atoms with Crippen LogP contribution in [0.4, 0.5) is 0 Å². The van der Waals surface area contributed by atoms with Gasteiger partial charge in [0.15, 0.2) is 0 Å². The zero-order valence-electron chi connectivity index (χ0n) is 20.7. The Morgan fingerprint density at radius 1 is 0.750 bits per heavy atom. The number of unbranched alkanes of at least 4 members (excludes halogenated alkanes) is 5. The molecule has 0 amide bonds. The number of hydrogen-bond acceptors (Lipinski definition) is 2. The highest BCUT2D eigenvalue weighted by molar-refractivity contribution is 5.60. The molecule has 0 atom stereocenters. The van der Waals surface area contributed by atoms with Crippen molar-refractivity contribution in [2.75, 3.05) is 6.61 Å². The molecule has 0 aliphatic heterocycles. The summed E-state index contributed by atoms with van der Waals surface area (Å²) in [5.41, 5.74) is 3.59. The standard InChI is InChI=1S/C30H45NO/c1-3-5-6-7-8-9-23-32-29-20-18-28(19-21-29)30-22-17-27(24-31-30)16-15-26-13-11-25(10-4-2)12-14-26/h17-22,24-26H,3-16,23H2,1-2H3/t25-,26-. The van der Waals surface area contributed by atoms with Crippen LogP contribution in [-0.2, 0) is 6.42 Å². The summed E-state index contributed by atoms with van der Waals surface area (Å²) in [6, 6.07) is 12.9. The summed E-state index contributed by atoms with van der Waals surface area (Å²) in [5, 5.41) is 0. The second-order valence-corrected chi connectivity index (χ2v) is 9.91. The third-order valence-electron chi connectivity index (χ3n) is 7.25. The molecule has 176 valence electrons. The molecule has 1 fully saturated rings. The number of nitrogens with zero attached hydrogens (tertiary/aromatic N) is 1. The minimum absolute atomic E-state index is 0.818. The minimum Gasteiger partial charge on any atom is -0.494 e. The summed E-state index contributed by atoms with van der Waals surface area (Å²) in [5.74, 6) is 2.89. The number of hydrogen-bond donors (Lipinski definition) is 0. The number of ether oxygens (including phenoxy) is 1. The van der Waals surface area contributed by atoms with Gasteiger partial charge in [-0.3, -0.25) is 4.98 Å². The number of aryl methyl sites for hydroxylation is 1. The third-order valence-corrected chi connectivity index (χ3v) is 7.25. The molecule has 1 saturated carbocycles. The van der Waals surface area contributed by atoms with E-state index in [0.29, 0.717) is 0 Å². The van der Waals surface area contributed by atoms with E-state index in [1.54, 1.807) is 0 Å². The van der Waals surface area contributed by atoms with Gasteiger partial charge >= 0.3 is 0 Å². The van der Waals surface area contributed by atoms with E-state index in [9.17, 15) is 0 Å². The molecule has 0 N–H and O–H groups in total. The molecule has 0 spiro atoms. The monoisotopic (exact) mass is 435 g/mol. The molecular formula is C30H45NO. The van der Waals surface area contributed by atoms with Crippen molar-refractivity contribution in [1.82, 2.24) is 4.98 Å². The van der Waals surface area contributed by atoms with Gasteiger partial charge in [0.05, 0.1) is 12.3 Å². The molecule has 3 rings (SSSR count). The van der Waals surface area contributed by atoms with E-state index in [1.807, 2.05) is 0 Å². The lowest BCUT2D eigenvalue weighted by Gasteiger charge is -2.28. The first-order valence-corrected chi connectivity index (χ1v) is 13.5. The largest absolute Gasteiger partial charge is 0.494 e. The van der Waals surface area contributed by atoms with Crippen LogP contribution < -0.4 is 4.74 Å². The van der Waals surface area contributed by atoms with Crippen molar-refractivity contribution in [3.8, 4) is 17.0 Å². The maximum atomic E-state index is 5.91. The van der Waals surface area contributed by atoms with E-state index in [1.165, 1.54) is 89.0 Å². The predicted molar refractivity (Wildman–Crippen MR) is 137 cm³/mol. The Bertz CT molecular complexity index is 728. The van der Waals surface area contributed by atoms with E-state index in [-0.39, 0.29) is 0 Å². The molecule has 0 radical (unpaired) electrons. The van der Waals surface area contributed by atoms with Crippen LogP contribution >= 0.6 is 0 Å². The summed E-state index contributed by atoms with van der Waals surface area (Å²) >= 11 is 0. The minimum atomic E-state index is 0.818. The molecule has 0 saturated heterocycles. The van der Waals surface area contributed by atoms with Gasteiger partial charge in [-0.1, -0.05) is 90.5 Å². The van der Waals surface area contributed by atoms with Crippen LogP contribution in [0.25, 0.3) is 11.3 Å². The molecule has 1 aliphatic rings. The van der Waals surface area contributed by atoms with Crippen LogP contribution in [0.1, 0.15) is 103 Å². The maximum absolute atomic E-state index is 5.91. The zero-order valence-corrected chi connectivity index (χ0v) is 20.7. The van der Waals surface area contributed by atoms with Gasteiger partial charge in [-0.25, -0.2) is 0 Å². The van der Waals surface area contributed by atoms with E-state index in [0.717, 1.165) is 41.9 Å².